The van der Waals surface area contributed by atoms with Crippen LogP contribution in [-0.2, 0) is 4.79 Å². The Labute approximate surface area is 191 Å². The number of benzene rings is 3. The molecule has 1 aliphatic carbocycles. The molecule has 1 spiro atoms. The summed E-state index contributed by atoms with van der Waals surface area (Å²) in [5.74, 6) is -1.85. The lowest BCUT2D eigenvalue weighted by atomic mass is 9.65. The summed E-state index contributed by atoms with van der Waals surface area (Å²) in [5, 5.41) is 13.1. The minimum Gasteiger partial charge on any atom is -0.506 e. The Bertz CT molecular complexity index is 1220. The van der Waals surface area contributed by atoms with Gasteiger partial charge in [-0.2, -0.15) is 0 Å². The maximum Gasteiger partial charge on any atom is 0.259 e. The number of carbonyl (C=O) groups excluding carboxylic acids is 2. The van der Waals surface area contributed by atoms with Crippen molar-refractivity contribution < 1.29 is 19.1 Å². The second kappa shape index (κ2) is 8.35. The Morgan fingerprint density at radius 3 is 2.36 bits per heavy atom. The van der Waals surface area contributed by atoms with Gasteiger partial charge in [0.1, 0.15) is 11.6 Å². The Morgan fingerprint density at radius 2 is 1.61 bits per heavy atom. The summed E-state index contributed by atoms with van der Waals surface area (Å²) in [6, 6.07) is 19.9. The number of aromatic hydroxyl groups is 1. The van der Waals surface area contributed by atoms with E-state index < -0.39 is 17.3 Å². The number of carbonyl (C=O) groups is 2. The molecule has 2 N–H and O–H groups in total. The molecule has 2 aliphatic rings. The van der Waals surface area contributed by atoms with Gasteiger partial charge in [-0.15, -0.1) is 0 Å². The highest BCUT2D eigenvalue weighted by Gasteiger charge is 2.55. The van der Waals surface area contributed by atoms with Crippen LogP contribution in [0.5, 0.6) is 5.75 Å². The normalized spacial score (nSPS) is 19.2. The number of hydrogen-bond donors (Lipinski definition) is 2. The minimum absolute atomic E-state index is 0.0327. The molecule has 0 radical (unpaired) electrons. The monoisotopic (exact) mass is 444 g/mol. The molecule has 33 heavy (non-hydrogen) atoms. The van der Waals surface area contributed by atoms with Crippen molar-refractivity contribution in [3.8, 4) is 5.75 Å². The second-order valence-corrected chi connectivity index (χ2v) is 8.78. The van der Waals surface area contributed by atoms with E-state index in [1.807, 2.05) is 12.1 Å². The summed E-state index contributed by atoms with van der Waals surface area (Å²) < 4.78 is 15.1. The zero-order chi connectivity index (χ0) is 23.0. The van der Waals surface area contributed by atoms with E-state index in [1.165, 1.54) is 12.1 Å². The first-order valence-electron chi connectivity index (χ1n) is 11.3. The average molecular weight is 445 g/mol. The maximum atomic E-state index is 15.1. The summed E-state index contributed by atoms with van der Waals surface area (Å²) in [6.45, 7) is 0. The molecule has 2 amide bonds. The third kappa shape index (κ3) is 3.46. The van der Waals surface area contributed by atoms with Crippen molar-refractivity contribution in [3.05, 3.63) is 89.7 Å². The number of nitrogens with zero attached hydrogens (tertiary/aromatic N) is 1. The summed E-state index contributed by atoms with van der Waals surface area (Å²) in [7, 11) is 0. The molecule has 6 heteroatoms. The summed E-state index contributed by atoms with van der Waals surface area (Å²) in [6.07, 6.45) is 3.83. The van der Waals surface area contributed by atoms with E-state index in [-0.39, 0.29) is 23.3 Å². The summed E-state index contributed by atoms with van der Waals surface area (Å²) >= 11 is 0. The number of halogens is 1. The zero-order valence-electron chi connectivity index (χ0n) is 18.1. The fourth-order valence-corrected chi connectivity index (χ4v) is 5.51. The predicted octanol–water partition coefficient (Wildman–Crippen LogP) is 5.62. The van der Waals surface area contributed by atoms with Crippen molar-refractivity contribution in [1.82, 2.24) is 0 Å². The molecule has 168 valence electrons. The van der Waals surface area contributed by atoms with Gasteiger partial charge in [-0.3, -0.25) is 14.5 Å². The lowest BCUT2D eigenvalue weighted by molar-refractivity contribution is -0.119. The van der Waals surface area contributed by atoms with Gasteiger partial charge in [0.05, 0.1) is 22.8 Å². The van der Waals surface area contributed by atoms with Crippen LogP contribution in [0.2, 0.25) is 0 Å². The lowest BCUT2D eigenvalue weighted by Crippen LogP contribution is -2.62. The number of hydrogen-bond acceptors (Lipinski definition) is 3. The molecular weight excluding hydrogens is 419 g/mol. The molecule has 1 fully saturated rings. The number of para-hydroxylation sites is 3. The molecule has 0 saturated heterocycles. The first-order chi connectivity index (χ1) is 16.0. The highest BCUT2D eigenvalue weighted by atomic mass is 19.1. The molecular formula is C27H25FN2O3. The van der Waals surface area contributed by atoms with Crippen LogP contribution in [0.25, 0.3) is 0 Å². The molecule has 5 rings (SSSR count). The molecule has 3 aromatic rings. The number of fused-ring (bicyclic) bond motifs is 1. The molecule has 0 bridgehead atoms. The van der Waals surface area contributed by atoms with Crippen molar-refractivity contribution in [2.24, 2.45) is 0 Å². The summed E-state index contributed by atoms with van der Waals surface area (Å²) in [4.78, 5) is 29.2. The van der Waals surface area contributed by atoms with Crippen LogP contribution in [0.3, 0.4) is 0 Å². The first-order valence-corrected chi connectivity index (χ1v) is 11.3. The van der Waals surface area contributed by atoms with Crippen LogP contribution >= 0.6 is 0 Å². The van der Waals surface area contributed by atoms with E-state index in [0.717, 1.165) is 19.3 Å². The predicted molar refractivity (Wildman–Crippen MR) is 125 cm³/mol. The molecule has 1 saturated carbocycles. The van der Waals surface area contributed by atoms with Crippen molar-refractivity contribution in [2.75, 3.05) is 10.2 Å². The number of amides is 2. The highest BCUT2D eigenvalue weighted by Crippen LogP contribution is 2.51. The Balaban J connectivity index is 1.70. The summed E-state index contributed by atoms with van der Waals surface area (Å²) in [5.41, 5.74) is 0.638. The van der Waals surface area contributed by atoms with Gasteiger partial charge in [0.25, 0.3) is 5.91 Å². The maximum absolute atomic E-state index is 15.1. The van der Waals surface area contributed by atoms with Crippen molar-refractivity contribution >= 4 is 23.2 Å². The molecule has 1 heterocycles. The van der Waals surface area contributed by atoms with Gasteiger partial charge in [0.2, 0.25) is 5.91 Å². The number of phenols is 1. The van der Waals surface area contributed by atoms with E-state index in [2.05, 4.69) is 5.32 Å². The third-order valence-corrected chi connectivity index (χ3v) is 6.92. The smallest absolute Gasteiger partial charge is 0.259 e. The van der Waals surface area contributed by atoms with Crippen LogP contribution in [0.4, 0.5) is 15.8 Å². The first kappa shape index (κ1) is 21.2. The molecule has 5 nitrogen and oxygen atoms in total. The van der Waals surface area contributed by atoms with E-state index in [4.69, 9.17) is 0 Å². The number of nitrogens with one attached hydrogen (secondary N) is 1. The van der Waals surface area contributed by atoms with Crippen LogP contribution in [0.15, 0.2) is 72.8 Å². The van der Waals surface area contributed by atoms with Crippen LogP contribution in [0, 0.1) is 5.82 Å². The quantitative estimate of drug-likeness (QED) is 0.516. The molecule has 1 atom stereocenters. The number of phenolic OH excluding ortho intramolecular Hbond substituents is 1. The molecule has 1 aliphatic heterocycles. The van der Waals surface area contributed by atoms with E-state index in [9.17, 15) is 14.7 Å². The van der Waals surface area contributed by atoms with Gasteiger partial charge in [-0.1, -0.05) is 61.7 Å². The van der Waals surface area contributed by atoms with E-state index in [0.29, 0.717) is 29.7 Å². The minimum atomic E-state index is -0.902. The highest BCUT2D eigenvalue weighted by molar-refractivity contribution is 6.13. The number of anilines is 2. The van der Waals surface area contributed by atoms with E-state index in [1.54, 1.807) is 53.4 Å². The van der Waals surface area contributed by atoms with Gasteiger partial charge in [-0.05, 0) is 48.7 Å². The van der Waals surface area contributed by atoms with Gasteiger partial charge in [-0.25, -0.2) is 4.39 Å². The largest absolute Gasteiger partial charge is 0.506 e. The molecule has 1 unspecified atom stereocenters. The van der Waals surface area contributed by atoms with Crippen molar-refractivity contribution in [3.63, 3.8) is 0 Å². The standard InChI is InChI=1S/C27H25FN2O3/c28-20-12-4-6-14-22(20)30-26(33)19-11-3-2-10-18(19)24(27(30)16-8-1-9-17-27)25(32)29-21-13-5-7-15-23(21)31/h2-7,10-15,24,31H,1,8-9,16-17H2,(H,29,32). The van der Waals surface area contributed by atoms with Crippen LogP contribution in [0.1, 0.15) is 53.9 Å². The fraction of sp³-hybridized carbons (Fsp3) is 0.259. The fourth-order valence-electron chi connectivity index (χ4n) is 5.51. The average Bonchev–Trinajstić information content (AvgIpc) is 2.82. The topological polar surface area (TPSA) is 69.6 Å². The zero-order valence-corrected chi connectivity index (χ0v) is 18.1. The van der Waals surface area contributed by atoms with Gasteiger partial charge >= 0.3 is 0 Å². The Kier molecular flexibility index (Phi) is 5.36. The Morgan fingerprint density at radius 1 is 0.939 bits per heavy atom. The van der Waals surface area contributed by atoms with Gasteiger partial charge in [0.15, 0.2) is 0 Å². The molecule has 3 aromatic carbocycles. The second-order valence-electron chi connectivity index (χ2n) is 8.78. The molecule has 0 aromatic heterocycles. The van der Waals surface area contributed by atoms with E-state index >= 15 is 4.39 Å². The lowest BCUT2D eigenvalue weighted by Gasteiger charge is -2.53. The van der Waals surface area contributed by atoms with Gasteiger partial charge < -0.3 is 10.4 Å². The van der Waals surface area contributed by atoms with Crippen molar-refractivity contribution in [2.45, 2.75) is 43.6 Å². The van der Waals surface area contributed by atoms with Crippen LogP contribution < -0.4 is 10.2 Å². The van der Waals surface area contributed by atoms with Crippen LogP contribution in [-0.4, -0.2) is 22.5 Å². The Hall–Kier alpha value is -3.67. The number of rotatable bonds is 3. The SMILES string of the molecule is O=C(Nc1ccccc1O)C1c2ccccc2C(=O)N(c2ccccc2F)C12CCCCC2. The van der Waals surface area contributed by atoms with Gasteiger partial charge in [0, 0.05) is 5.56 Å². The third-order valence-electron chi connectivity index (χ3n) is 6.92. The van der Waals surface area contributed by atoms with Crippen molar-refractivity contribution in [1.29, 1.82) is 0 Å².